The van der Waals surface area contributed by atoms with E-state index in [1.54, 1.807) is 6.07 Å². The molecule has 2 aromatic carbocycles. The molecule has 130 valence electrons. The van der Waals surface area contributed by atoms with Crippen molar-refractivity contribution in [3.05, 3.63) is 54.2 Å². The number of aromatic nitrogens is 1. The molecule has 1 atom stereocenters. The Hall–Kier alpha value is -2.66. The summed E-state index contributed by atoms with van der Waals surface area (Å²) in [6.07, 6.45) is 4.05. The summed E-state index contributed by atoms with van der Waals surface area (Å²) >= 11 is 0. The van der Waals surface area contributed by atoms with Crippen LogP contribution in [0.5, 0.6) is 17.2 Å². The largest absolute Gasteiger partial charge is 0.508 e. The maximum atomic E-state index is 9.64. The molecule has 0 fully saturated rings. The van der Waals surface area contributed by atoms with Gasteiger partial charge in [0, 0.05) is 23.6 Å². The topological polar surface area (TPSA) is 66.5 Å². The average molecular weight is 338 g/mol. The van der Waals surface area contributed by atoms with Crippen LogP contribution in [0.4, 0.5) is 0 Å². The molecule has 1 unspecified atom stereocenters. The lowest BCUT2D eigenvalue weighted by Crippen LogP contribution is -2.38. The van der Waals surface area contributed by atoms with Crippen LogP contribution in [0.1, 0.15) is 12.0 Å². The number of H-pyrrole nitrogens is 1. The molecule has 0 radical (unpaired) electrons. The van der Waals surface area contributed by atoms with Gasteiger partial charge in [-0.05, 0) is 55.3 Å². The third kappa shape index (κ3) is 3.56. The molecular weight excluding hydrogens is 316 g/mol. The van der Waals surface area contributed by atoms with Gasteiger partial charge in [-0.15, -0.1) is 0 Å². The van der Waals surface area contributed by atoms with Crippen LogP contribution in [0.2, 0.25) is 0 Å². The van der Waals surface area contributed by atoms with E-state index in [-0.39, 0.29) is 6.10 Å². The first-order chi connectivity index (χ1) is 12.3. The summed E-state index contributed by atoms with van der Waals surface area (Å²) in [5.74, 6) is 1.95. The predicted octanol–water partition coefficient (Wildman–Crippen LogP) is 3.24. The maximum absolute atomic E-state index is 9.64. The Morgan fingerprint density at radius 1 is 1.16 bits per heavy atom. The second-order valence-corrected chi connectivity index (χ2v) is 6.35. The van der Waals surface area contributed by atoms with Crippen molar-refractivity contribution < 1.29 is 14.6 Å². The van der Waals surface area contributed by atoms with Crippen molar-refractivity contribution in [3.63, 3.8) is 0 Å². The number of rotatable bonds is 6. The van der Waals surface area contributed by atoms with Crippen LogP contribution < -0.4 is 14.8 Å². The van der Waals surface area contributed by atoms with Gasteiger partial charge in [0.1, 0.15) is 18.5 Å². The van der Waals surface area contributed by atoms with Gasteiger partial charge in [0.25, 0.3) is 0 Å². The molecule has 4 rings (SSSR count). The Kier molecular flexibility index (Phi) is 4.48. The SMILES string of the molecule is Oc1ccc2[nH]cc(CCCNCC3COc4ccccc4O3)c2c1. The smallest absolute Gasteiger partial charge is 0.161 e. The monoisotopic (exact) mass is 338 g/mol. The predicted molar refractivity (Wildman–Crippen MR) is 97.5 cm³/mol. The van der Waals surface area contributed by atoms with Gasteiger partial charge in [-0.1, -0.05) is 12.1 Å². The first-order valence-corrected chi connectivity index (χ1v) is 8.68. The number of hydrogen-bond donors (Lipinski definition) is 3. The van der Waals surface area contributed by atoms with E-state index < -0.39 is 0 Å². The fourth-order valence-corrected chi connectivity index (χ4v) is 3.20. The molecule has 0 aliphatic carbocycles. The molecule has 0 saturated heterocycles. The summed E-state index contributed by atoms with van der Waals surface area (Å²) in [6.45, 7) is 2.25. The van der Waals surface area contributed by atoms with Crippen LogP contribution in [0, 0.1) is 0 Å². The molecule has 5 heteroatoms. The van der Waals surface area contributed by atoms with Crippen LogP contribution in [0.15, 0.2) is 48.7 Å². The van der Waals surface area contributed by atoms with Crippen molar-refractivity contribution in [3.8, 4) is 17.2 Å². The van der Waals surface area contributed by atoms with Gasteiger partial charge in [-0.2, -0.15) is 0 Å². The highest BCUT2D eigenvalue weighted by Gasteiger charge is 2.19. The molecule has 1 aliphatic heterocycles. The molecule has 5 nitrogen and oxygen atoms in total. The fourth-order valence-electron chi connectivity index (χ4n) is 3.20. The van der Waals surface area contributed by atoms with Crippen LogP contribution in [0.3, 0.4) is 0 Å². The van der Waals surface area contributed by atoms with E-state index >= 15 is 0 Å². The van der Waals surface area contributed by atoms with E-state index in [2.05, 4.69) is 10.3 Å². The van der Waals surface area contributed by atoms with Crippen molar-refractivity contribution in [1.29, 1.82) is 0 Å². The van der Waals surface area contributed by atoms with Crippen molar-refractivity contribution in [2.75, 3.05) is 19.7 Å². The van der Waals surface area contributed by atoms with Gasteiger partial charge in [0.05, 0.1) is 0 Å². The Bertz CT molecular complexity index is 859. The third-order valence-corrected chi connectivity index (χ3v) is 4.49. The number of phenols is 1. The zero-order valence-electron chi connectivity index (χ0n) is 14.0. The van der Waals surface area contributed by atoms with Gasteiger partial charge in [-0.25, -0.2) is 0 Å². The molecule has 3 N–H and O–H groups in total. The number of benzene rings is 2. The lowest BCUT2D eigenvalue weighted by molar-refractivity contribution is 0.0905. The molecule has 2 heterocycles. The van der Waals surface area contributed by atoms with Crippen LogP contribution in [-0.4, -0.2) is 35.9 Å². The van der Waals surface area contributed by atoms with E-state index in [1.807, 2.05) is 42.6 Å². The molecule has 3 aromatic rings. The standard InChI is InChI=1S/C20H22N2O3/c23-15-7-8-18-17(10-15)14(11-22-18)4-3-9-21-12-16-13-24-19-5-1-2-6-20(19)25-16/h1-2,5-8,10-11,16,21-23H,3-4,9,12-13H2. The number of hydrogen-bond acceptors (Lipinski definition) is 4. The molecule has 0 amide bonds. The van der Waals surface area contributed by atoms with E-state index in [0.29, 0.717) is 12.4 Å². The number of ether oxygens (including phenoxy) is 2. The number of aromatic amines is 1. The number of phenolic OH excluding ortho intramolecular Hbond substituents is 1. The first kappa shape index (κ1) is 15.8. The van der Waals surface area contributed by atoms with Crippen molar-refractivity contribution in [1.82, 2.24) is 10.3 Å². The number of nitrogens with one attached hydrogen (secondary N) is 2. The number of aryl methyl sites for hydroxylation is 1. The molecule has 0 bridgehead atoms. The Labute approximate surface area is 146 Å². The van der Waals surface area contributed by atoms with Gasteiger partial charge in [-0.3, -0.25) is 0 Å². The van der Waals surface area contributed by atoms with Gasteiger partial charge < -0.3 is 24.9 Å². The number of para-hydroxylation sites is 2. The molecule has 0 spiro atoms. The molecule has 0 saturated carbocycles. The van der Waals surface area contributed by atoms with Gasteiger partial charge in [0.15, 0.2) is 11.5 Å². The molecule has 1 aromatic heterocycles. The maximum Gasteiger partial charge on any atom is 0.161 e. The highest BCUT2D eigenvalue weighted by molar-refractivity contribution is 5.84. The summed E-state index contributed by atoms with van der Waals surface area (Å²) in [5, 5.41) is 14.2. The van der Waals surface area contributed by atoms with E-state index in [1.165, 1.54) is 5.56 Å². The average Bonchev–Trinajstić information content (AvgIpc) is 3.03. The summed E-state index contributed by atoms with van der Waals surface area (Å²) < 4.78 is 11.7. The van der Waals surface area contributed by atoms with Crippen molar-refractivity contribution >= 4 is 10.9 Å². The minimum atomic E-state index is 0.0416. The summed E-state index contributed by atoms with van der Waals surface area (Å²) in [6, 6.07) is 13.2. The van der Waals surface area contributed by atoms with Crippen LogP contribution in [0.25, 0.3) is 10.9 Å². The summed E-state index contributed by atoms with van der Waals surface area (Å²) in [7, 11) is 0. The normalized spacial score (nSPS) is 16.2. The quantitative estimate of drug-likeness (QED) is 0.604. The fraction of sp³-hybridized carbons (Fsp3) is 0.300. The van der Waals surface area contributed by atoms with Gasteiger partial charge >= 0.3 is 0 Å². The third-order valence-electron chi connectivity index (χ3n) is 4.49. The zero-order chi connectivity index (χ0) is 17.1. The first-order valence-electron chi connectivity index (χ1n) is 8.68. The second kappa shape index (κ2) is 7.07. The van der Waals surface area contributed by atoms with Crippen LogP contribution >= 0.6 is 0 Å². The summed E-state index contributed by atoms with van der Waals surface area (Å²) in [4.78, 5) is 3.25. The Balaban J connectivity index is 1.23. The van der Waals surface area contributed by atoms with Crippen molar-refractivity contribution in [2.24, 2.45) is 0 Å². The molecule has 1 aliphatic rings. The highest BCUT2D eigenvalue weighted by Crippen LogP contribution is 2.30. The Morgan fingerprint density at radius 3 is 2.96 bits per heavy atom. The minimum Gasteiger partial charge on any atom is -0.508 e. The lowest BCUT2D eigenvalue weighted by Gasteiger charge is -2.26. The van der Waals surface area contributed by atoms with E-state index in [9.17, 15) is 5.11 Å². The molecule has 25 heavy (non-hydrogen) atoms. The van der Waals surface area contributed by atoms with E-state index in [4.69, 9.17) is 9.47 Å². The molecular formula is C20H22N2O3. The minimum absolute atomic E-state index is 0.0416. The Morgan fingerprint density at radius 2 is 2.04 bits per heavy atom. The van der Waals surface area contributed by atoms with Crippen LogP contribution in [-0.2, 0) is 6.42 Å². The number of fused-ring (bicyclic) bond motifs is 2. The zero-order valence-corrected chi connectivity index (χ0v) is 14.0. The van der Waals surface area contributed by atoms with E-state index in [0.717, 1.165) is 48.3 Å². The summed E-state index contributed by atoms with van der Waals surface area (Å²) in [5.41, 5.74) is 2.30. The van der Waals surface area contributed by atoms with Gasteiger partial charge in [0.2, 0.25) is 0 Å². The van der Waals surface area contributed by atoms with Crippen molar-refractivity contribution in [2.45, 2.75) is 18.9 Å². The second-order valence-electron chi connectivity index (χ2n) is 6.35. The highest BCUT2D eigenvalue weighted by atomic mass is 16.6. The lowest BCUT2D eigenvalue weighted by atomic mass is 10.1. The number of aromatic hydroxyl groups is 1.